The van der Waals surface area contributed by atoms with E-state index in [9.17, 15) is 0 Å². The van der Waals surface area contributed by atoms with Crippen molar-refractivity contribution in [2.24, 2.45) is 0 Å². The summed E-state index contributed by atoms with van der Waals surface area (Å²) in [4.78, 5) is 4.22. The predicted octanol–water partition coefficient (Wildman–Crippen LogP) is 4.76. The molecule has 2 aromatic rings. The Morgan fingerprint density at radius 1 is 1.12 bits per heavy atom. The summed E-state index contributed by atoms with van der Waals surface area (Å²) in [6.07, 6.45) is 1.75. The smallest absolute Gasteiger partial charge is 0.126 e. The van der Waals surface area contributed by atoms with E-state index in [2.05, 4.69) is 26.2 Å². The first-order valence-electron chi connectivity index (χ1n) is 4.94. The number of hydrogen-bond donors (Lipinski definition) is 1. The molecule has 17 heavy (non-hydrogen) atoms. The van der Waals surface area contributed by atoms with Gasteiger partial charge in [-0.15, -0.1) is 0 Å². The van der Waals surface area contributed by atoms with E-state index >= 15 is 0 Å². The van der Waals surface area contributed by atoms with Crippen LogP contribution in [0.5, 0.6) is 0 Å². The van der Waals surface area contributed by atoms with Crippen molar-refractivity contribution in [2.75, 3.05) is 5.32 Å². The topological polar surface area (TPSA) is 24.9 Å². The van der Waals surface area contributed by atoms with Crippen LogP contribution in [0.3, 0.4) is 0 Å². The molecule has 2 rings (SSSR count). The molecule has 0 fully saturated rings. The molecule has 0 bridgehead atoms. The van der Waals surface area contributed by atoms with Crippen molar-refractivity contribution >= 4 is 44.9 Å². The van der Waals surface area contributed by atoms with E-state index in [0.717, 1.165) is 15.9 Å². The van der Waals surface area contributed by atoms with E-state index in [4.69, 9.17) is 23.2 Å². The normalized spacial score (nSPS) is 10.3. The summed E-state index contributed by atoms with van der Waals surface area (Å²) >= 11 is 15.1. The van der Waals surface area contributed by atoms with Gasteiger partial charge in [0.1, 0.15) is 5.82 Å². The highest BCUT2D eigenvalue weighted by Gasteiger charge is 2.00. The molecule has 0 amide bonds. The molecule has 0 aliphatic heterocycles. The molecule has 1 aromatic carbocycles. The number of pyridine rings is 1. The lowest BCUT2D eigenvalue weighted by Crippen LogP contribution is -2.00. The van der Waals surface area contributed by atoms with Gasteiger partial charge < -0.3 is 5.32 Å². The minimum atomic E-state index is 0.565. The van der Waals surface area contributed by atoms with Crippen LogP contribution in [0.15, 0.2) is 41.0 Å². The van der Waals surface area contributed by atoms with Crippen LogP contribution >= 0.6 is 39.1 Å². The first-order valence-corrected chi connectivity index (χ1v) is 6.49. The number of nitrogens with zero attached hydrogens (tertiary/aromatic N) is 1. The van der Waals surface area contributed by atoms with E-state index in [1.165, 1.54) is 0 Å². The lowest BCUT2D eigenvalue weighted by atomic mass is 10.2. The summed E-state index contributed by atoms with van der Waals surface area (Å²) in [5.41, 5.74) is 1.06. The number of aromatic nitrogens is 1. The van der Waals surface area contributed by atoms with Gasteiger partial charge in [-0.2, -0.15) is 0 Å². The highest BCUT2D eigenvalue weighted by Crippen LogP contribution is 2.23. The van der Waals surface area contributed by atoms with Crippen LogP contribution in [-0.2, 0) is 6.54 Å². The Kier molecular flexibility index (Phi) is 4.26. The van der Waals surface area contributed by atoms with Crippen molar-refractivity contribution < 1.29 is 0 Å². The molecule has 0 saturated carbocycles. The van der Waals surface area contributed by atoms with Crippen molar-refractivity contribution in [1.82, 2.24) is 4.98 Å². The molecule has 1 N–H and O–H groups in total. The van der Waals surface area contributed by atoms with Crippen LogP contribution < -0.4 is 5.32 Å². The lowest BCUT2D eigenvalue weighted by molar-refractivity contribution is 1.11. The Morgan fingerprint density at radius 3 is 2.59 bits per heavy atom. The van der Waals surface area contributed by atoms with Crippen LogP contribution in [0.2, 0.25) is 10.0 Å². The number of benzene rings is 1. The van der Waals surface area contributed by atoms with Crippen LogP contribution in [0.4, 0.5) is 5.82 Å². The fourth-order valence-corrected chi connectivity index (χ4v) is 1.88. The first-order chi connectivity index (χ1) is 8.15. The van der Waals surface area contributed by atoms with Gasteiger partial charge in [-0.05, 0) is 45.8 Å². The summed E-state index contributed by atoms with van der Waals surface area (Å²) in [5.74, 6) is 0.819. The maximum atomic E-state index is 5.93. The number of rotatable bonds is 3. The van der Waals surface area contributed by atoms with E-state index in [1.54, 1.807) is 12.3 Å². The third-order valence-electron chi connectivity index (χ3n) is 2.19. The second-order valence-electron chi connectivity index (χ2n) is 3.46. The summed E-state index contributed by atoms with van der Waals surface area (Å²) in [7, 11) is 0. The lowest BCUT2D eigenvalue weighted by Gasteiger charge is -2.06. The van der Waals surface area contributed by atoms with Crippen LogP contribution in [0, 0.1) is 0 Å². The SMILES string of the molecule is Clc1ccc(CNc2ccc(Br)cn2)cc1Cl. The minimum Gasteiger partial charge on any atom is -0.366 e. The fraction of sp³-hybridized carbons (Fsp3) is 0.0833. The highest BCUT2D eigenvalue weighted by atomic mass is 79.9. The summed E-state index contributed by atoms with van der Waals surface area (Å²) in [6.45, 7) is 0.658. The zero-order chi connectivity index (χ0) is 12.3. The molecule has 0 aliphatic carbocycles. The van der Waals surface area contributed by atoms with E-state index in [-0.39, 0.29) is 0 Å². The van der Waals surface area contributed by atoms with Gasteiger partial charge in [0.25, 0.3) is 0 Å². The van der Waals surface area contributed by atoms with Gasteiger partial charge in [0.2, 0.25) is 0 Å². The molecular formula is C12H9BrCl2N2. The predicted molar refractivity (Wildman–Crippen MR) is 75.7 cm³/mol. The average molecular weight is 332 g/mol. The van der Waals surface area contributed by atoms with Gasteiger partial charge in [-0.3, -0.25) is 0 Å². The third-order valence-corrected chi connectivity index (χ3v) is 3.39. The standard InChI is InChI=1S/C12H9BrCl2N2/c13-9-2-4-12(17-7-9)16-6-8-1-3-10(14)11(15)5-8/h1-5,7H,6H2,(H,16,17). The van der Waals surface area contributed by atoms with Gasteiger partial charge in [-0.1, -0.05) is 29.3 Å². The zero-order valence-corrected chi connectivity index (χ0v) is 11.9. The van der Waals surface area contributed by atoms with Crippen molar-refractivity contribution in [3.63, 3.8) is 0 Å². The third kappa shape index (κ3) is 3.60. The maximum absolute atomic E-state index is 5.93. The highest BCUT2D eigenvalue weighted by molar-refractivity contribution is 9.10. The Balaban J connectivity index is 2.02. The number of nitrogens with one attached hydrogen (secondary N) is 1. The fourth-order valence-electron chi connectivity index (χ4n) is 1.32. The number of anilines is 1. The first kappa shape index (κ1) is 12.7. The Morgan fingerprint density at radius 2 is 1.94 bits per heavy atom. The summed E-state index contributed by atoms with van der Waals surface area (Å²) < 4.78 is 0.956. The Bertz CT molecular complexity index is 514. The minimum absolute atomic E-state index is 0.565. The summed E-state index contributed by atoms with van der Waals surface area (Å²) in [5, 5.41) is 4.33. The molecular weight excluding hydrogens is 323 g/mol. The molecule has 0 atom stereocenters. The van der Waals surface area contributed by atoms with Crippen molar-refractivity contribution in [2.45, 2.75) is 6.54 Å². The van der Waals surface area contributed by atoms with Crippen LogP contribution in [-0.4, -0.2) is 4.98 Å². The van der Waals surface area contributed by atoms with Crippen LogP contribution in [0.1, 0.15) is 5.56 Å². The molecule has 0 radical (unpaired) electrons. The summed E-state index contributed by atoms with van der Waals surface area (Å²) in [6, 6.07) is 9.40. The van der Waals surface area contributed by atoms with Gasteiger partial charge in [0, 0.05) is 17.2 Å². The zero-order valence-electron chi connectivity index (χ0n) is 8.75. The maximum Gasteiger partial charge on any atom is 0.126 e. The number of hydrogen-bond acceptors (Lipinski definition) is 2. The van der Waals surface area contributed by atoms with Crippen molar-refractivity contribution in [3.8, 4) is 0 Å². The van der Waals surface area contributed by atoms with Crippen molar-refractivity contribution in [3.05, 3.63) is 56.6 Å². The van der Waals surface area contributed by atoms with E-state index in [1.807, 2.05) is 24.3 Å². The molecule has 88 valence electrons. The molecule has 0 aliphatic rings. The quantitative estimate of drug-likeness (QED) is 0.876. The van der Waals surface area contributed by atoms with Gasteiger partial charge in [0.15, 0.2) is 0 Å². The molecule has 0 unspecified atom stereocenters. The molecule has 2 nitrogen and oxygen atoms in total. The largest absolute Gasteiger partial charge is 0.366 e. The van der Waals surface area contributed by atoms with E-state index < -0.39 is 0 Å². The monoisotopic (exact) mass is 330 g/mol. The molecule has 1 aromatic heterocycles. The van der Waals surface area contributed by atoms with Gasteiger partial charge in [-0.25, -0.2) is 4.98 Å². The van der Waals surface area contributed by atoms with Gasteiger partial charge in [0.05, 0.1) is 10.0 Å². The molecule has 5 heteroatoms. The Labute approximate surface area is 118 Å². The second-order valence-corrected chi connectivity index (χ2v) is 5.19. The second kappa shape index (κ2) is 5.71. The van der Waals surface area contributed by atoms with Crippen LogP contribution in [0.25, 0.3) is 0 Å². The van der Waals surface area contributed by atoms with E-state index in [0.29, 0.717) is 16.6 Å². The Hall–Kier alpha value is -0.770. The number of halogens is 3. The molecule has 1 heterocycles. The molecule has 0 saturated heterocycles. The van der Waals surface area contributed by atoms with Crippen molar-refractivity contribution in [1.29, 1.82) is 0 Å². The molecule has 0 spiro atoms. The average Bonchev–Trinajstić information content (AvgIpc) is 2.33. The van der Waals surface area contributed by atoms with Gasteiger partial charge >= 0.3 is 0 Å².